The number of nitrogens with one attached hydrogen (secondary N) is 2. The van der Waals surface area contributed by atoms with Gasteiger partial charge in [-0.25, -0.2) is 9.97 Å². The van der Waals surface area contributed by atoms with Crippen LogP contribution in [0.3, 0.4) is 0 Å². The number of carbonyl (C=O) groups excluding carboxylic acids is 1. The van der Waals surface area contributed by atoms with E-state index >= 15 is 0 Å². The van der Waals surface area contributed by atoms with E-state index in [-0.39, 0.29) is 11.6 Å². The van der Waals surface area contributed by atoms with E-state index < -0.39 is 0 Å². The van der Waals surface area contributed by atoms with Crippen molar-refractivity contribution in [3.8, 4) is 6.07 Å². The number of hydrogen-bond donors (Lipinski definition) is 2. The molecule has 2 N–H and O–H groups in total. The molecule has 1 amide bonds. The molecule has 0 spiro atoms. The van der Waals surface area contributed by atoms with Gasteiger partial charge in [-0.2, -0.15) is 5.26 Å². The molecule has 0 fully saturated rings. The predicted octanol–water partition coefficient (Wildman–Crippen LogP) is 2.61. The van der Waals surface area contributed by atoms with Gasteiger partial charge < -0.3 is 10.6 Å². The minimum absolute atomic E-state index is 0.189. The molecule has 0 saturated heterocycles. The third-order valence-electron chi connectivity index (χ3n) is 3.37. The Morgan fingerprint density at radius 2 is 1.96 bits per heavy atom. The van der Waals surface area contributed by atoms with Crippen molar-refractivity contribution in [1.29, 1.82) is 5.26 Å². The van der Waals surface area contributed by atoms with Crippen molar-refractivity contribution in [3.63, 3.8) is 0 Å². The van der Waals surface area contributed by atoms with Crippen molar-refractivity contribution in [2.45, 2.75) is 6.54 Å². The van der Waals surface area contributed by atoms with Crippen molar-refractivity contribution in [2.75, 3.05) is 10.6 Å². The summed E-state index contributed by atoms with van der Waals surface area (Å²) in [5.74, 6) is 0.385. The van der Waals surface area contributed by atoms with E-state index in [1.807, 2.05) is 30.3 Å². The van der Waals surface area contributed by atoms with E-state index in [4.69, 9.17) is 5.26 Å². The molecule has 0 bridgehead atoms. The molecular formula is C18H14N6O. The van der Waals surface area contributed by atoms with Crippen LogP contribution in [0, 0.1) is 11.3 Å². The summed E-state index contributed by atoms with van der Waals surface area (Å²) in [6.45, 7) is 0.513. The first-order valence-electron chi connectivity index (χ1n) is 7.51. The number of anilines is 2. The molecule has 25 heavy (non-hydrogen) atoms. The Morgan fingerprint density at radius 1 is 1.12 bits per heavy atom. The molecule has 0 saturated carbocycles. The van der Waals surface area contributed by atoms with E-state index in [2.05, 4.69) is 25.6 Å². The Labute approximate surface area is 144 Å². The van der Waals surface area contributed by atoms with Gasteiger partial charge in [0, 0.05) is 30.2 Å². The molecule has 7 heteroatoms. The first-order chi connectivity index (χ1) is 12.2. The van der Waals surface area contributed by atoms with E-state index in [1.54, 1.807) is 24.5 Å². The molecule has 7 nitrogen and oxygen atoms in total. The molecule has 3 rings (SSSR count). The van der Waals surface area contributed by atoms with Crippen LogP contribution in [0.2, 0.25) is 0 Å². The number of benzene rings is 1. The Morgan fingerprint density at radius 3 is 2.68 bits per heavy atom. The van der Waals surface area contributed by atoms with Crippen molar-refractivity contribution < 1.29 is 4.79 Å². The Bertz CT molecular complexity index is 903. The standard InChI is InChI=1S/C18H14N6O/c19-9-16-11-23-17(12-21-16)22-10-13-2-1-3-15(8-13)24-18(25)14-4-6-20-7-5-14/h1-8,11-12H,10H2,(H,22,23)(H,24,25). The molecule has 0 atom stereocenters. The van der Waals surface area contributed by atoms with Crippen molar-refractivity contribution >= 4 is 17.4 Å². The van der Waals surface area contributed by atoms with Gasteiger partial charge >= 0.3 is 0 Å². The highest BCUT2D eigenvalue weighted by Crippen LogP contribution is 2.13. The minimum atomic E-state index is -0.189. The molecule has 1 aromatic carbocycles. The van der Waals surface area contributed by atoms with Gasteiger partial charge in [-0.3, -0.25) is 9.78 Å². The second kappa shape index (κ2) is 7.66. The number of pyridine rings is 1. The van der Waals surface area contributed by atoms with Gasteiger partial charge in [-0.05, 0) is 29.8 Å². The summed E-state index contributed by atoms with van der Waals surface area (Å²) in [5.41, 5.74) is 2.49. The summed E-state index contributed by atoms with van der Waals surface area (Å²) in [6.07, 6.45) is 6.07. The number of rotatable bonds is 5. The van der Waals surface area contributed by atoms with Crippen molar-refractivity contribution in [3.05, 3.63) is 78.0 Å². The molecule has 0 aliphatic carbocycles. The second-order valence-corrected chi connectivity index (χ2v) is 5.14. The fourth-order valence-corrected chi connectivity index (χ4v) is 2.14. The van der Waals surface area contributed by atoms with E-state index in [9.17, 15) is 4.79 Å². The summed E-state index contributed by atoms with van der Waals surface area (Å²) >= 11 is 0. The Hall–Kier alpha value is -3.79. The maximum Gasteiger partial charge on any atom is 0.255 e. The normalized spacial score (nSPS) is 9.88. The monoisotopic (exact) mass is 330 g/mol. The van der Waals surface area contributed by atoms with Gasteiger partial charge in [0.2, 0.25) is 0 Å². The smallest absolute Gasteiger partial charge is 0.255 e. The number of amides is 1. The van der Waals surface area contributed by atoms with E-state index in [1.165, 1.54) is 12.4 Å². The Kier molecular flexibility index (Phi) is 4.93. The molecule has 2 aromatic heterocycles. The summed E-state index contributed by atoms with van der Waals surface area (Å²) < 4.78 is 0. The number of nitrogens with zero attached hydrogens (tertiary/aromatic N) is 4. The zero-order valence-electron chi connectivity index (χ0n) is 13.2. The fourth-order valence-electron chi connectivity index (χ4n) is 2.14. The largest absolute Gasteiger partial charge is 0.365 e. The first-order valence-corrected chi connectivity index (χ1v) is 7.51. The predicted molar refractivity (Wildman–Crippen MR) is 92.7 cm³/mol. The van der Waals surface area contributed by atoms with E-state index in [0.29, 0.717) is 23.6 Å². The van der Waals surface area contributed by atoms with Crippen LogP contribution in [0.4, 0.5) is 11.5 Å². The number of hydrogen-bond acceptors (Lipinski definition) is 6. The van der Waals surface area contributed by atoms with Crippen molar-refractivity contribution in [2.24, 2.45) is 0 Å². The lowest BCUT2D eigenvalue weighted by Gasteiger charge is -2.09. The lowest BCUT2D eigenvalue weighted by molar-refractivity contribution is 0.102. The van der Waals surface area contributed by atoms with Gasteiger partial charge in [0.05, 0.1) is 12.4 Å². The van der Waals surface area contributed by atoms with Gasteiger partial charge in [-0.15, -0.1) is 0 Å². The SMILES string of the molecule is N#Cc1cnc(NCc2cccc(NC(=O)c3ccncc3)c2)cn1. The molecule has 122 valence electrons. The summed E-state index contributed by atoms with van der Waals surface area (Å²) in [7, 11) is 0. The van der Waals surface area contributed by atoms with E-state index in [0.717, 1.165) is 5.56 Å². The fraction of sp³-hybridized carbons (Fsp3) is 0.0556. The lowest BCUT2D eigenvalue weighted by atomic mass is 10.2. The number of carbonyl (C=O) groups is 1. The molecule has 3 aromatic rings. The highest BCUT2D eigenvalue weighted by Gasteiger charge is 2.06. The van der Waals surface area contributed by atoms with Crippen LogP contribution in [0.1, 0.15) is 21.6 Å². The highest BCUT2D eigenvalue weighted by atomic mass is 16.1. The average molecular weight is 330 g/mol. The Balaban J connectivity index is 1.63. The number of aromatic nitrogens is 3. The first kappa shape index (κ1) is 16.1. The minimum Gasteiger partial charge on any atom is -0.365 e. The summed E-state index contributed by atoms with van der Waals surface area (Å²) in [6, 6.07) is 12.7. The van der Waals surface area contributed by atoms with Gasteiger partial charge in [0.15, 0.2) is 5.69 Å². The second-order valence-electron chi connectivity index (χ2n) is 5.14. The third-order valence-corrected chi connectivity index (χ3v) is 3.37. The molecule has 0 aliphatic heterocycles. The molecular weight excluding hydrogens is 316 g/mol. The highest BCUT2D eigenvalue weighted by molar-refractivity contribution is 6.04. The van der Waals surface area contributed by atoms with Crippen LogP contribution in [-0.2, 0) is 6.54 Å². The van der Waals surface area contributed by atoms with Crippen LogP contribution in [0.5, 0.6) is 0 Å². The van der Waals surface area contributed by atoms with Gasteiger partial charge in [-0.1, -0.05) is 12.1 Å². The summed E-state index contributed by atoms with van der Waals surface area (Å²) in [4.78, 5) is 24.1. The van der Waals surface area contributed by atoms with Crippen LogP contribution < -0.4 is 10.6 Å². The third kappa shape index (κ3) is 4.36. The van der Waals surface area contributed by atoms with Crippen molar-refractivity contribution in [1.82, 2.24) is 15.0 Å². The maximum atomic E-state index is 12.2. The summed E-state index contributed by atoms with van der Waals surface area (Å²) in [5, 5.41) is 14.7. The molecule has 0 radical (unpaired) electrons. The lowest BCUT2D eigenvalue weighted by Crippen LogP contribution is -2.12. The van der Waals surface area contributed by atoms with Gasteiger partial charge in [0.1, 0.15) is 11.9 Å². The molecule has 0 unspecified atom stereocenters. The van der Waals surface area contributed by atoms with Crippen LogP contribution in [0.15, 0.2) is 61.2 Å². The zero-order chi connectivity index (χ0) is 17.5. The zero-order valence-corrected chi connectivity index (χ0v) is 13.2. The van der Waals surface area contributed by atoms with Crippen LogP contribution in [-0.4, -0.2) is 20.9 Å². The van der Waals surface area contributed by atoms with Gasteiger partial charge in [0.25, 0.3) is 5.91 Å². The average Bonchev–Trinajstić information content (AvgIpc) is 2.68. The quantitative estimate of drug-likeness (QED) is 0.745. The van der Waals surface area contributed by atoms with Crippen LogP contribution in [0.25, 0.3) is 0 Å². The van der Waals surface area contributed by atoms with Crippen LogP contribution >= 0.6 is 0 Å². The maximum absolute atomic E-state index is 12.2. The molecule has 2 heterocycles. The number of nitriles is 1. The topological polar surface area (TPSA) is 104 Å². The molecule has 0 aliphatic rings.